The molecule has 1 aromatic carbocycles. The maximum absolute atomic E-state index is 5.91. The fourth-order valence-electron chi connectivity index (χ4n) is 3.27. The van der Waals surface area contributed by atoms with Crippen molar-refractivity contribution in [1.82, 2.24) is 9.88 Å². The molecule has 0 unspecified atom stereocenters. The van der Waals surface area contributed by atoms with Crippen molar-refractivity contribution in [3.05, 3.63) is 35.2 Å². The van der Waals surface area contributed by atoms with Crippen molar-refractivity contribution in [2.75, 3.05) is 27.3 Å². The number of benzene rings is 1. The highest BCUT2D eigenvalue weighted by molar-refractivity contribution is 5.57. The molecule has 0 radical (unpaired) electrons. The molecule has 1 saturated heterocycles. The van der Waals surface area contributed by atoms with Gasteiger partial charge < -0.3 is 13.9 Å². The van der Waals surface area contributed by atoms with Crippen molar-refractivity contribution in [1.29, 1.82) is 0 Å². The first kappa shape index (κ1) is 17.0. The second kappa shape index (κ2) is 7.36. The zero-order valence-electron chi connectivity index (χ0n) is 15.0. The molecule has 0 saturated carbocycles. The quantitative estimate of drug-likeness (QED) is 0.838. The van der Waals surface area contributed by atoms with Crippen molar-refractivity contribution < 1.29 is 13.9 Å². The normalized spacial score (nSPS) is 18.8. The van der Waals surface area contributed by atoms with Gasteiger partial charge in [-0.25, -0.2) is 4.98 Å². The number of piperidine rings is 1. The number of hydrogen-bond donors (Lipinski definition) is 0. The third-order valence-corrected chi connectivity index (χ3v) is 4.70. The highest BCUT2D eigenvalue weighted by Crippen LogP contribution is 2.27. The van der Waals surface area contributed by atoms with E-state index < -0.39 is 0 Å². The van der Waals surface area contributed by atoms with Gasteiger partial charge in [0.25, 0.3) is 0 Å². The molecule has 2 heterocycles. The van der Waals surface area contributed by atoms with Gasteiger partial charge in [-0.2, -0.15) is 0 Å². The van der Waals surface area contributed by atoms with E-state index in [-0.39, 0.29) is 0 Å². The summed E-state index contributed by atoms with van der Waals surface area (Å²) in [6.45, 7) is 6.87. The number of methoxy groups -OCH3 is 2. The lowest BCUT2D eigenvalue weighted by atomic mass is 10.1. The molecule has 0 spiro atoms. The number of aromatic nitrogens is 1. The minimum absolute atomic E-state index is 0.328. The van der Waals surface area contributed by atoms with E-state index in [1.165, 1.54) is 6.42 Å². The number of hydrogen-bond acceptors (Lipinski definition) is 5. The first-order chi connectivity index (χ1) is 11.6. The van der Waals surface area contributed by atoms with E-state index >= 15 is 0 Å². The Labute approximate surface area is 143 Å². The van der Waals surface area contributed by atoms with Crippen LogP contribution in [0.1, 0.15) is 29.9 Å². The Morgan fingerprint density at radius 3 is 2.83 bits per heavy atom. The molecule has 5 nitrogen and oxygen atoms in total. The lowest BCUT2D eigenvalue weighted by Gasteiger charge is -2.31. The van der Waals surface area contributed by atoms with E-state index in [0.717, 1.165) is 54.4 Å². The molecule has 3 rings (SSSR count). The second-order valence-corrected chi connectivity index (χ2v) is 6.44. The van der Waals surface area contributed by atoms with Crippen LogP contribution >= 0.6 is 0 Å². The Kier molecular flexibility index (Phi) is 5.21. The molecule has 0 N–H and O–H groups in total. The zero-order valence-corrected chi connectivity index (χ0v) is 15.0. The van der Waals surface area contributed by atoms with Gasteiger partial charge in [0, 0.05) is 25.8 Å². The number of oxazole rings is 1. The zero-order chi connectivity index (χ0) is 17.1. The van der Waals surface area contributed by atoms with Gasteiger partial charge in [-0.15, -0.1) is 0 Å². The van der Waals surface area contributed by atoms with Crippen molar-refractivity contribution >= 4 is 0 Å². The van der Waals surface area contributed by atoms with Crippen LogP contribution in [0.4, 0.5) is 0 Å². The van der Waals surface area contributed by atoms with Gasteiger partial charge in [-0.05, 0) is 57.0 Å². The van der Waals surface area contributed by atoms with Crippen molar-refractivity contribution in [3.63, 3.8) is 0 Å². The van der Waals surface area contributed by atoms with E-state index in [2.05, 4.69) is 11.0 Å². The summed E-state index contributed by atoms with van der Waals surface area (Å²) in [5, 5.41) is 0. The predicted molar refractivity (Wildman–Crippen MR) is 93.3 cm³/mol. The van der Waals surface area contributed by atoms with Gasteiger partial charge in [0.05, 0.1) is 18.9 Å². The minimum atomic E-state index is 0.328. The second-order valence-electron chi connectivity index (χ2n) is 6.44. The monoisotopic (exact) mass is 330 g/mol. The van der Waals surface area contributed by atoms with Crippen LogP contribution in [0.3, 0.4) is 0 Å². The SMILES string of the molecule is COc1ccc(-c2nc(CN3CCC[C@@H](OC)C3)c(C)o2)cc1C. The number of likely N-dealkylation sites (tertiary alicyclic amines) is 1. The fourth-order valence-corrected chi connectivity index (χ4v) is 3.27. The highest BCUT2D eigenvalue weighted by atomic mass is 16.5. The molecule has 0 bridgehead atoms. The largest absolute Gasteiger partial charge is 0.496 e. The fraction of sp³-hybridized carbons (Fsp3) is 0.526. The third-order valence-electron chi connectivity index (χ3n) is 4.70. The summed E-state index contributed by atoms with van der Waals surface area (Å²) in [5.74, 6) is 2.44. The molecular weight excluding hydrogens is 304 g/mol. The maximum Gasteiger partial charge on any atom is 0.226 e. The van der Waals surface area contributed by atoms with Crippen molar-refractivity contribution in [3.8, 4) is 17.2 Å². The van der Waals surface area contributed by atoms with E-state index in [1.54, 1.807) is 14.2 Å². The summed E-state index contributed by atoms with van der Waals surface area (Å²) < 4.78 is 16.7. The summed E-state index contributed by atoms with van der Waals surface area (Å²) in [4.78, 5) is 7.13. The van der Waals surface area contributed by atoms with Crippen LogP contribution in [0.25, 0.3) is 11.5 Å². The summed E-state index contributed by atoms with van der Waals surface area (Å²) in [7, 11) is 3.47. The van der Waals surface area contributed by atoms with Gasteiger partial charge in [0.15, 0.2) is 0 Å². The van der Waals surface area contributed by atoms with Gasteiger partial charge in [-0.3, -0.25) is 4.90 Å². The standard InChI is InChI=1S/C19H26N2O3/c1-13-10-15(7-8-18(13)23-4)19-20-17(14(2)24-19)12-21-9-5-6-16(11-21)22-3/h7-8,10,16H,5-6,9,11-12H2,1-4H3/t16-/m1/s1. The molecule has 0 aliphatic carbocycles. The average Bonchev–Trinajstić information content (AvgIpc) is 2.95. The molecular formula is C19H26N2O3. The summed E-state index contributed by atoms with van der Waals surface area (Å²) >= 11 is 0. The summed E-state index contributed by atoms with van der Waals surface area (Å²) in [6, 6.07) is 6.00. The Hall–Kier alpha value is -1.85. The lowest BCUT2D eigenvalue weighted by Crippen LogP contribution is -2.38. The molecule has 24 heavy (non-hydrogen) atoms. The van der Waals surface area contributed by atoms with Crippen LogP contribution in [0.15, 0.2) is 22.6 Å². The summed E-state index contributed by atoms with van der Waals surface area (Å²) in [5.41, 5.74) is 3.07. The molecule has 1 aliphatic rings. The predicted octanol–water partition coefficient (Wildman–Crippen LogP) is 3.58. The van der Waals surface area contributed by atoms with Gasteiger partial charge in [0.2, 0.25) is 5.89 Å². The Bertz CT molecular complexity index is 696. The van der Waals surface area contributed by atoms with E-state index in [0.29, 0.717) is 12.0 Å². The number of nitrogens with zero attached hydrogens (tertiary/aromatic N) is 2. The Balaban J connectivity index is 1.76. The van der Waals surface area contributed by atoms with E-state index in [1.807, 2.05) is 26.0 Å². The molecule has 2 aromatic rings. The topological polar surface area (TPSA) is 47.7 Å². The molecule has 0 amide bonds. The van der Waals surface area contributed by atoms with Crippen LogP contribution in [0.5, 0.6) is 5.75 Å². The minimum Gasteiger partial charge on any atom is -0.496 e. The molecule has 5 heteroatoms. The van der Waals surface area contributed by atoms with Gasteiger partial charge in [0.1, 0.15) is 11.5 Å². The van der Waals surface area contributed by atoms with E-state index in [4.69, 9.17) is 18.9 Å². The highest BCUT2D eigenvalue weighted by Gasteiger charge is 2.22. The van der Waals surface area contributed by atoms with Crippen molar-refractivity contribution in [2.45, 2.75) is 39.3 Å². The first-order valence-corrected chi connectivity index (χ1v) is 8.47. The Morgan fingerprint density at radius 1 is 1.29 bits per heavy atom. The first-order valence-electron chi connectivity index (χ1n) is 8.47. The average molecular weight is 330 g/mol. The number of ether oxygens (including phenoxy) is 2. The lowest BCUT2D eigenvalue weighted by molar-refractivity contribution is 0.0280. The smallest absolute Gasteiger partial charge is 0.226 e. The molecule has 1 atom stereocenters. The molecule has 130 valence electrons. The van der Waals surface area contributed by atoms with Crippen LogP contribution in [0.2, 0.25) is 0 Å². The van der Waals surface area contributed by atoms with Crippen LogP contribution in [-0.4, -0.2) is 43.3 Å². The maximum atomic E-state index is 5.91. The summed E-state index contributed by atoms with van der Waals surface area (Å²) in [6.07, 6.45) is 2.64. The molecule has 1 aliphatic heterocycles. The van der Waals surface area contributed by atoms with E-state index in [9.17, 15) is 0 Å². The van der Waals surface area contributed by atoms with Crippen LogP contribution < -0.4 is 4.74 Å². The number of rotatable bonds is 5. The third kappa shape index (κ3) is 3.62. The number of aryl methyl sites for hydroxylation is 2. The van der Waals surface area contributed by atoms with Crippen LogP contribution in [-0.2, 0) is 11.3 Å². The Morgan fingerprint density at radius 2 is 2.12 bits per heavy atom. The van der Waals surface area contributed by atoms with Gasteiger partial charge in [-0.1, -0.05) is 0 Å². The van der Waals surface area contributed by atoms with Crippen LogP contribution in [0, 0.1) is 13.8 Å². The molecule has 1 aromatic heterocycles. The molecule has 1 fully saturated rings. The van der Waals surface area contributed by atoms with Crippen molar-refractivity contribution in [2.24, 2.45) is 0 Å². The van der Waals surface area contributed by atoms with Gasteiger partial charge >= 0.3 is 0 Å².